The van der Waals surface area contributed by atoms with Crippen LogP contribution in [0.25, 0.3) is 0 Å². The number of carbonyl (C=O) groups is 2. The van der Waals surface area contributed by atoms with E-state index in [-0.39, 0.29) is 17.9 Å². The van der Waals surface area contributed by atoms with Crippen molar-refractivity contribution in [3.8, 4) is 0 Å². The highest BCUT2D eigenvalue weighted by atomic mass is 16.2. The Bertz CT molecular complexity index is 644. The molecule has 25 heavy (non-hydrogen) atoms. The maximum absolute atomic E-state index is 12.4. The fourth-order valence-corrected chi connectivity index (χ4v) is 4.42. The van der Waals surface area contributed by atoms with Gasteiger partial charge in [-0.1, -0.05) is 18.7 Å². The van der Waals surface area contributed by atoms with E-state index in [0.29, 0.717) is 23.3 Å². The Morgan fingerprint density at radius 1 is 1.28 bits per heavy atom. The Morgan fingerprint density at radius 3 is 2.64 bits per heavy atom. The van der Waals surface area contributed by atoms with Crippen LogP contribution in [-0.4, -0.2) is 36.5 Å². The first-order chi connectivity index (χ1) is 12.1. The van der Waals surface area contributed by atoms with Crippen LogP contribution in [0.15, 0.2) is 36.9 Å². The Balaban J connectivity index is 1.58. The summed E-state index contributed by atoms with van der Waals surface area (Å²) in [5.74, 6) is -0.00514. The zero-order chi connectivity index (χ0) is 17.8. The van der Waals surface area contributed by atoms with Gasteiger partial charge in [-0.3, -0.25) is 4.79 Å². The van der Waals surface area contributed by atoms with E-state index in [0.717, 1.165) is 19.4 Å². The summed E-state index contributed by atoms with van der Waals surface area (Å²) in [6.07, 6.45) is 7.84. The Hall–Kier alpha value is -2.14. The molecule has 5 nitrogen and oxygen atoms in total. The molecule has 3 N–H and O–H groups in total. The molecule has 2 fully saturated rings. The molecule has 2 heterocycles. The van der Waals surface area contributed by atoms with Crippen molar-refractivity contribution in [1.82, 2.24) is 5.32 Å². The monoisotopic (exact) mass is 342 g/mol. The quantitative estimate of drug-likeness (QED) is 0.567. The lowest BCUT2D eigenvalue weighted by Crippen LogP contribution is -3.21. The smallest absolute Gasteiger partial charge is 0.319 e. The van der Waals surface area contributed by atoms with Crippen LogP contribution >= 0.6 is 0 Å². The summed E-state index contributed by atoms with van der Waals surface area (Å²) in [5.41, 5.74) is 1.26. The van der Waals surface area contributed by atoms with Crippen molar-refractivity contribution in [2.24, 2.45) is 0 Å². The van der Waals surface area contributed by atoms with Gasteiger partial charge in [0.2, 0.25) is 0 Å². The van der Waals surface area contributed by atoms with Crippen molar-refractivity contribution in [1.29, 1.82) is 0 Å². The first kappa shape index (κ1) is 17.7. The van der Waals surface area contributed by atoms with Crippen molar-refractivity contribution in [3.05, 3.63) is 42.5 Å². The molecule has 1 aromatic rings. The molecule has 5 heteroatoms. The van der Waals surface area contributed by atoms with Gasteiger partial charge in [0.15, 0.2) is 5.78 Å². The van der Waals surface area contributed by atoms with Gasteiger partial charge in [-0.25, -0.2) is 4.79 Å². The average Bonchev–Trinajstić information content (AvgIpc) is 2.56. The fourth-order valence-electron chi connectivity index (χ4n) is 4.42. The maximum atomic E-state index is 12.4. The molecule has 0 aromatic heterocycles. The molecule has 3 rings (SSSR count). The molecule has 2 amide bonds. The predicted octanol–water partition coefficient (Wildman–Crippen LogP) is 2.17. The van der Waals surface area contributed by atoms with E-state index in [2.05, 4.69) is 17.2 Å². The maximum Gasteiger partial charge on any atom is 0.319 e. The van der Waals surface area contributed by atoms with Crippen LogP contribution in [0.5, 0.6) is 0 Å². The zero-order valence-electron chi connectivity index (χ0n) is 14.9. The number of piperidine rings is 2. The summed E-state index contributed by atoms with van der Waals surface area (Å²) < 4.78 is 0. The number of benzene rings is 1. The van der Waals surface area contributed by atoms with E-state index in [9.17, 15) is 9.59 Å². The number of urea groups is 1. The summed E-state index contributed by atoms with van der Waals surface area (Å²) >= 11 is 0. The van der Waals surface area contributed by atoms with Crippen LogP contribution in [-0.2, 0) is 0 Å². The molecule has 0 radical (unpaired) electrons. The van der Waals surface area contributed by atoms with Gasteiger partial charge in [-0.05, 0) is 44.4 Å². The Labute approximate surface area is 149 Å². The predicted molar refractivity (Wildman–Crippen MR) is 99.1 cm³/mol. The number of anilines is 1. The summed E-state index contributed by atoms with van der Waals surface area (Å²) in [4.78, 5) is 25.5. The lowest BCUT2D eigenvalue weighted by Gasteiger charge is -2.45. The molecule has 2 bridgehead atoms. The summed E-state index contributed by atoms with van der Waals surface area (Å²) in [5, 5.41) is 5.99. The third-order valence-corrected chi connectivity index (χ3v) is 5.53. The second-order valence-electron chi connectivity index (χ2n) is 7.30. The van der Waals surface area contributed by atoms with E-state index < -0.39 is 0 Å². The van der Waals surface area contributed by atoms with E-state index in [4.69, 9.17) is 0 Å². The fraction of sp³-hybridized carbons (Fsp3) is 0.500. The molecule has 134 valence electrons. The standard InChI is InChI=1S/C20H27N3O2/c1-3-10-23-18-8-5-9-19(23)13-17(12-18)22-20(25)21-16-7-4-6-15(11-16)14(2)24/h3-4,6-7,11,17-19H,1,5,8-10,12-13H2,2H3,(H2,21,22,25)/p+1/t17?,18-,19+. The largest absolute Gasteiger partial charge is 0.335 e. The number of amides is 2. The van der Waals surface area contributed by atoms with Gasteiger partial charge in [0.05, 0.1) is 18.6 Å². The molecular weight excluding hydrogens is 314 g/mol. The average molecular weight is 342 g/mol. The molecule has 2 unspecified atom stereocenters. The van der Waals surface area contributed by atoms with Gasteiger partial charge in [0.1, 0.15) is 0 Å². The highest BCUT2D eigenvalue weighted by Crippen LogP contribution is 2.22. The lowest BCUT2D eigenvalue weighted by molar-refractivity contribution is -0.955. The van der Waals surface area contributed by atoms with Gasteiger partial charge < -0.3 is 15.5 Å². The first-order valence-corrected chi connectivity index (χ1v) is 9.22. The lowest BCUT2D eigenvalue weighted by atomic mass is 9.82. The molecular formula is C20H28N3O2+. The molecule has 2 aliphatic heterocycles. The third-order valence-electron chi connectivity index (χ3n) is 5.53. The van der Waals surface area contributed by atoms with Crippen molar-refractivity contribution in [2.75, 3.05) is 11.9 Å². The number of nitrogens with one attached hydrogen (secondary N) is 3. The van der Waals surface area contributed by atoms with E-state index in [1.807, 2.05) is 6.08 Å². The van der Waals surface area contributed by atoms with Crippen LogP contribution < -0.4 is 15.5 Å². The highest BCUT2D eigenvalue weighted by molar-refractivity contribution is 5.96. The van der Waals surface area contributed by atoms with Gasteiger partial charge in [-0.15, -0.1) is 0 Å². The van der Waals surface area contributed by atoms with Crippen LogP contribution in [0, 0.1) is 0 Å². The number of rotatable bonds is 5. The van der Waals surface area contributed by atoms with Gasteiger partial charge in [0.25, 0.3) is 0 Å². The topological polar surface area (TPSA) is 62.6 Å². The van der Waals surface area contributed by atoms with Crippen molar-refractivity contribution in [3.63, 3.8) is 0 Å². The van der Waals surface area contributed by atoms with E-state index in [1.165, 1.54) is 26.2 Å². The third kappa shape index (κ3) is 4.28. The molecule has 2 saturated heterocycles. The number of Topliss-reactive ketones (excluding diaryl/α,β-unsaturated/α-hetero) is 1. The van der Waals surface area contributed by atoms with Crippen LogP contribution in [0.4, 0.5) is 10.5 Å². The van der Waals surface area contributed by atoms with Crippen molar-refractivity contribution in [2.45, 2.75) is 57.2 Å². The molecule has 0 spiro atoms. The van der Waals surface area contributed by atoms with Crippen molar-refractivity contribution < 1.29 is 14.5 Å². The second kappa shape index (κ2) is 7.83. The summed E-state index contributed by atoms with van der Waals surface area (Å²) in [6, 6.07) is 8.34. The van der Waals surface area contributed by atoms with Crippen molar-refractivity contribution >= 4 is 17.5 Å². The first-order valence-electron chi connectivity index (χ1n) is 9.22. The minimum absolute atomic E-state index is 0.00514. The van der Waals surface area contributed by atoms with Gasteiger partial charge >= 0.3 is 6.03 Å². The number of hydrogen-bond donors (Lipinski definition) is 3. The minimum Gasteiger partial charge on any atom is -0.335 e. The van der Waals surface area contributed by atoms with Crippen LogP contribution in [0.1, 0.15) is 49.4 Å². The number of carbonyl (C=O) groups excluding carboxylic acids is 2. The van der Waals surface area contributed by atoms with Gasteiger partial charge in [0, 0.05) is 30.1 Å². The van der Waals surface area contributed by atoms with E-state index in [1.54, 1.807) is 29.2 Å². The van der Waals surface area contributed by atoms with Gasteiger partial charge in [-0.2, -0.15) is 0 Å². The highest BCUT2D eigenvalue weighted by Gasteiger charge is 2.41. The molecule has 4 atom stereocenters. The SMILES string of the molecule is C=CC[NH+]1[C@@H]2CCC[C@H]1CC(NC(=O)Nc1cccc(C(C)=O)c1)C2. The normalized spacial score (nSPS) is 28.0. The molecule has 0 aliphatic carbocycles. The molecule has 0 saturated carbocycles. The number of ketones is 1. The molecule has 2 aliphatic rings. The summed E-state index contributed by atoms with van der Waals surface area (Å²) in [6.45, 7) is 6.44. The zero-order valence-corrected chi connectivity index (χ0v) is 14.9. The van der Waals surface area contributed by atoms with Crippen LogP contribution in [0.3, 0.4) is 0 Å². The second-order valence-corrected chi connectivity index (χ2v) is 7.30. The number of hydrogen-bond acceptors (Lipinski definition) is 2. The Morgan fingerprint density at radius 2 is 2.00 bits per heavy atom. The van der Waals surface area contributed by atoms with Crippen LogP contribution in [0.2, 0.25) is 0 Å². The Kier molecular flexibility index (Phi) is 5.53. The summed E-state index contributed by atoms with van der Waals surface area (Å²) in [7, 11) is 0. The number of fused-ring (bicyclic) bond motifs is 2. The minimum atomic E-state index is -0.184. The molecule has 1 aromatic carbocycles. The number of quaternary nitrogens is 1. The van der Waals surface area contributed by atoms with E-state index >= 15 is 0 Å².